The van der Waals surface area contributed by atoms with Crippen molar-refractivity contribution in [3.8, 4) is 0 Å². The summed E-state index contributed by atoms with van der Waals surface area (Å²) in [6, 6.07) is 0. The molecule has 0 aromatic carbocycles. The Balaban J connectivity index is 0. The second-order valence-corrected chi connectivity index (χ2v) is 21.6. The monoisotopic (exact) mass is 550 g/mol. The Labute approximate surface area is 141 Å². The van der Waals surface area contributed by atoms with Gasteiger partial charge in [0.2, 0.25) is 0 Å². The van der Waals surface area contributed by atoms with E-state index >= 15 is 0 Å². The number of hydrogen-bond acceptors (Lipinski definition) is 3. The van der Waals surface area contributed by atoms with E-state index in [2.05, 4.69) is 96.2 Å². The van der Waals surface area contributed by atoms with Crippen LogP contribution >= 0.6 is 37.2 Å². The molecule has 9 heteroatoms. The first kappa shape index (κ1) is 22.5. The van der Waals surface area contributed by atoms with Gasteiger partial charge in [-0.15, -0.1) is 0 Å². The van der Waals surface area contributed by atoms with Gasteiger partial charge in [-0.2, -0.15) is 0 Å². The van der Waals surface area contributed by atoms with Gasteiger partial charge in [-0.25, -0.2) is 0 Å². The average molecular weight is 550 g/mol. The molecule has 0 aromatic rings. The van der Waals surface area contributed by atoms with Crippen molar-refractivity contribution in [3.05, 3.63) is 0 Å². The molecule has 0 fully saturated rings. The van der Waals surface area contributed by atoms with Crippen LogP contribution in [0.25, 0.3) is 0 Å². The van der Waals surface area contributed by atoms with E-state index < -0.39 is 34.5 Å². The van der Waals surface area contributed by atoms with Crippen molar-refractivity contribution in [3.63, 3.8) is 0 Å². The van der Waals surface area contributed by atoms with Gasteiger partial charge in [0.1, 0.15) is 0 Å². The largest absolute Gasteiger partial charge is 0.439 e. The summed E-state index contributed by atoms with van der Waals surface area (Å²) in [6.45, 7) is 19.6. The molecule has 0 radical (unpaired) electrons. The SMILES string of the molecule is C[SiH](O[Si](C)(C)C)O[Si](C)(C)O[Si](C)(C)C.II. The van der Waals surface area contributed by atoms with Crippen LogP contribution in [-0.4, -0.2) is 34.5 Å². The molecule has 1 atom stereocenters. The Morgan fingerprint density at radius 1 is 0.722 bits per heavy atom. The molecule has 0 spiro atoms. The van der Waals surface area contributed by atoms with Crippen molar-refractivity contribution in [1.29, 1.82) is 0 Å². The summed E-state index contributed by atoms with van der Waals surface area (Å²) in [5.41, 5.74) is 0. The smallest absolute Gasteiger partial charge is 0.312 e. The lowest BCUT2D eigenvalue weighted by molar-refractivity contribution is 0.352. The summed E-state index contributed by atoms with van der Waals surface area (Å²) >= 11 is 4.24. The second-order valence-electron chi connectivity index (χ2n) is 6.53. The van der Waals surface area contributed by atoms with Crippen molar-refractivity contribution in [2.45, 2.75) is 58.9 Å². The predicted octanol–water partition coefficient (Wildman–Crippen LogP) is 5.03. The Morgan fingerprint density at radius 3 is 1.39 bits per heavy atom. The van der Waals surface area contributed by atoms with E-state index in [-0.39, 0.29) is 0 Å². The molecule has 112 valence electrons. The maximum absolute atomic E-state index is 6.14. The third-order valence-corrected chi connectivity index (χ3v) is 13.7. The van der Waals surface area contributed by atoms with Crippen LogP contribution in [-0.2, 0) is 12.3 Å². The topological polar surface area (TPSA) is 27.7 Å². The molecule has 0 amide bonds. The highest BCUT2D eigenvalue weighted by Crippen LogP contribution is 2.17. The predicted molar refractivity (Wildman–Crippen MR) is 108 cm³/mol. The summed E-state index contributed by atoms with van der Waals surface area (Å²) in [5, 5.41) is 0. The van der Waals surface area contributed by atoms with Gasteiger partial charge in [0.25, 0.3) is 9.28 Å². The lowest BCUT2D eigenvalue weighted by atomic mass is 11.8. The molecule has 0 aliphatic heterocycles. The molecule has 0 rings (SSSR count). The van der Waals surface area contributed by atoms with Gasteiger partial charge in [0, 0.05) is 37.2 Å². The van der Waals surface area contributed by atoms with E-state index in [1.807, 2.05) is 0 Å². The van der Waals surface area contributed by atoms with Crippen LogP contribution in [0, 0.1) is 0 Å². The highest BCUT2D eigenvalue weighted by atomic mass is 128. The lowest BCUT2D eigenvalue weighted by Gasteiger charge is -2.34. The molecule has 18 heavy (non-hydrogen) atoms. The molecular weight excluding hydrogens is 522 g/mol. The van der Waals surface area contributed by atoms with Crippen LogP contribution in [0.1, 0.15) is 0 Å². The van der Waals surface area contributed by atoms with Crippen LogP contribution in [0.5, 0.6) is 0 Å². The zero-order chi connectivity index (χ0) is 15.2. The van der Waals surface area contributed by atoms with Gasteiger partial charge in [-0.1, -0.05) is 0 Å². The van der Waals surface area contributed by atoms with Gasteiger partial charge in [-0.05, 0) is 58.9 Å². The van der Waals surface area contributed by atoms with Gasteiger partial charge >= 0.3 is 8.56 Å². The molecule has 0 saturated carbocycles. The fourth-order valence-corrected chi connectivity index (χ4v) is 16.0. The van der Waals surface area contributed by atoms with E-state index in [0.717, 1.165) is 0 Å². The van der Waals surface area contributed by atoms with E-state index in [1.165, 1.54) is 0 Å². The summed E-state index contributed by atoms with van der Waals surface area (Å²) in [5.74, 6) is 0. The van der Waals surface area contributed by atoms with E-state index in [9.17, 15) is 0 Å². The zero-order valence-corrected chi connectivity index (χ0v) is 21.5. The Kier molecular flexibility index (Phi) is 11.6. The van der Waals surface area contributed by atoms with E-state index in [0.29, 0.717) is 0 Å². The first-order valence-electron chi connectivity index (χ1n) is 6.01. The van der Waals surface area contributed by atoms with E-state index in [4.69, 9.17) is 12.3 Å². The fourth-order valence-electron chi connectivity index (χ4n) is 1.68. The fraction of sp³-hybridized carbons (Fsp3) is 1.00. The van der Waals surface area contributed by atoms with Crippen molar-refractivity contribution in [1.82, 2.24) is 0 Å². The number of halogens is 2. The van der Waals surface area contributed by atoms with Crippen molar-refractivity contribution in [2.24, 2.45) is 0 Å². The summed E-state index contributed by atoms with van der Waals surface area (Å²) < 4.78 is 18.2. The minimum Gasteiger partial charge on any atom is -0.439 e. The highest BCUT2D eigenvalue weighted by Gasteiger charge is 2.34. The van der Waals surface area contributed by atoms with Gasteiger partial charge < -0.3 is 12.3 Å². The third kappa shape index (κ3) is 16.3. The van der Waals surface area contributed by atoms with Gasteiger partial charge in [0.15, 0.2) is 16.6 Å². The highest BCUT2D eigenvalue weighted by molar-refractivity contribution is 15.0. The summed E-state index contributed by atoms with van der Waals surface area (Å²) in [7, 11) is -6.47. The molecule has 0 N–H and O–H groups in total. The van der Waals surface area contributed by atoms with E-state index in [1.54, 1.807) is 0 Å². The average Bonchev–Trinajstić information content (AvgIpc) is 1.96. The molecule has 0 aromatic heterocycles. The summed E-state index contributed by atoms with van der Waals surface area (Å²) in [4.78, 5) is 0. The molecule has 0 heterocycles. The molecule has 0 aliphatic rings. The minimum atomic E-state index is -1.98. The molecule has 0 aliphatic carbocycles. The second kappa shape index (κ2) is 9.27. The number of hydrogen-bond donors (Lipinski definition) is 0. The van der Waals surface area contributed by atoms with Crippen molar-refractivity contribution >= 4 is 71.7 Å². The molecule has 3 nitrogen and oxygen atoms in total. The molecular formula is C9H28I2O3Si4. The number of rotatable bonds is 6. The van der Waals surface area contributed by atoms with Gasteiger partial charge in [0.05, 0.1) is 0 Å². The van der Waals surface area contributed by atoms with Gasteiger partial charge in [-0.3, -0.25) is 0 Å². The third-order valence-electron chi connectivity index (χ3n) is 1.52. The van der Waals surface area contributed by atoms with Crippen LogP contribution < -0.4 is 0 Å². The maximum atomic E-state index is 6.14. The molecule has 0 saturated heterocycles. The maximum Gasteiger partial charge on any atom is 0.312 e. The zero-order valence-electron chi connectivity index (χ0n) is 13.1. The summed E-state index contributed by atoms with van der Waals surface area (Å²) in [6.07, 6.45) is 0. The molecule has 0 bridgehead atoms. The minimum absolute atomic E-state index is 1.46. The normalized spacial score (nSPS) is 14.8. The van der Waals surface area contributed by atoms with Crippen LogP contribution in [0.3, 0.4) is 0 Å². The first-order chi connectivity index (χ1) is 7.81. The lowest BCUT2D eigenvalue weighted by Crippen LogP contribution is -2.49. The molecule has 1 unspecified atom stereocenters. The Bertz CT molecular complexity index is 229. The Hall–Kier alpha value is 2.21. The van der Waals surface area contributed by atoms with Crippen molar-refractivity contribution < 1.29 is 12.3 Å². The quantitative estimate of drug-likeness (QED) is 0.343. The Morgan fingerprint density at radius 2 is 1.11 bits per heavy atom. The van der Waals surface area contributed by atoms with Crippen LogP contribution in [0.2, 0.25) is 58.9 Å². The van der Waals surface area contributed by atoms with Crippen molar-refractivity contribution in [2.75, 3.05) is 0 Å². The van der Waals surface area contributed by atoms with Crippen LogP contribution in [0.4, 0.5) is 0 Å². The standard InChI is InChI=1S/C9H28O3Si4.I2/c1-13(10-14(2,3)4)11-16(8,9)12-15(5,6)7;1-2/h13H,1-9H3;. The first-order valence-corrected chi connectivity index (χ1v) is 24.0. The van der Waals surface area contributed by atoms with Crippen LogP contribution in [0.15, 0.2) is 0 Å².